The summed E-state index contributed by atoms with van der Waals surface area (Å²) in [6.07, 6.45) is 1.44. The van der Waals surface area contributed by atoms with Crippen LogP contribution in [0.2, 0.25) is 5.02 Å². The van der Waals surface area contributed by atoms with E-state index in [4.69, 9.17) is 22.3 Å². The van der Waals surface area contributed by atoms with Crippen LogP contribution in [0.1, 0.15) is 0 Å². The minimum atomic E-state index is 0.400. The highest BCUT2D eigenvalue weighted by molar-refractivity contribution is 7.13. The number of nitrogen functional groups attached to an aromatic ring is 1. The number of nitrogens with zero attached hydrogens (tertiary/aromatic N) is 3. The van der Waals surface area contributed by atoms with E-state index in [1.165, 1.54) is 16.8 Å². The van der Waals surface area contributed by atoms with Gasteiger partial charge in [0.15, 0.2) is 5.65 Å². The molecule has 2 aromatic carbocycles. The predicted molar refractivity (Wildman–Crippen MR) is 121 cm³/mol. The van der Waals surface area contributed by atoms with E-state index in [0.29, 0.717) is 16.5 Å². The maximum atomic E-state index is 6.23. The van der Waals surface area contributed by atoms with Gasteiger partial charge in [0.1, 0.15) is 12.1 Å². The highest BCUT2D eigenvalue weighted by atomic mass is 35.5. The lowest BCUT2D eigenvalue weighted by atomic mass is 9.99. The second-order valence-corrected chi connectivity index (χ2v) is 7.96. The van der Waals surface area contributed by atoms with Crippen molar-refractivity contribution in [2.24, 2.45) is 0 Å². The standard InChI is InChI=1S/C23H15ClN4S/c24-17-4-1-3-16(11-17)18-12-19(28-23-21(18)22(25)26-13-27-23)14-6-8-15(9-7-14)20-5-2-10-29-20/h1-13H,(H2,25,26,27,28). The van der Waals surface area contributed by atoms with Gasteiger partial charge in [0, 0.05) is 15.5 Å². The predicted octanol–water partition coefficient (Wildman–Crippen LogP) is 6.32. The molecule has 3 aromatic heterocycles. The molecule has 4 nitrogen and oxygen atoms in total. The van der Waals surface area contributed by atoms with Crippen LogP contribution in [0.4, 0.5) is 5.82 Å². The average Bonchev–Trinajstić information content (AvgIpc) is 3.28. The fourth-order valence-electron chi connectivity index (χ4n) is 3.37. The summed E-state index contributed by atoms with van der Waals surface area (Å²) in [4.78, 5) is 14.5. The van der Waals surface area contributed by atoms with E-state index in [1.54, 1.807) is 11.3 Å². The van der Waals surface area contributed by atoms with Crippen molar-refractivity contribution in [1.82, 2.24) is 15.0 Å². The van der Waals surface area contributed by atoms with Gasteiger partial charge in [-0.15, -0.1) is 11.3 Å². The van der Waals surface area contributed by atoms with Crippen molar-refractivity contribution >= 4 is 39.8 Å². The second-order valence-electron chi connectivity index (χ2n) is 6.58. The second kappa shape index (κ2) is 7.28. The first-order valence-electron chi connectivity index (χ1n) is 9.00. The molecule has 6 heteroatoms. The Kier molecular flexibility index (Phi) is 4.46. The Morgan fingerprint density at radius 1 is 0.828 bits per heavy atom. The molecule has 0 spiro atoms. The van der Waals surface area contributed by atoms with Crippen LogP contribution in [0.5, 0.6) is 0 Å². The highest BCUT2D eigenvalue weighted by Gasteiger charge is 2.14. The van der Waals surface area contributed by atoms with Gasteiger partial charge in [-0.25, -0.2) is 15.0 Å². The minimum absolute atomic E-state index is 0.400. The monoisotopic (exact) mass is 414 g/mol. The molecule has 29 heavy (non-hydrogen) atoms. The Balaban J connectivity index is 1.69. The molecule has 0 unspecified atom stereocenters. The maximum Gasteiger partial charge on any atom is 0.165 e. The largest absolute Gasteiger partial charge is 0.383 e. The smallest absolute Gasteiger partial charge is 0.165 e. The van der Waals surface area contributed by atoms with Gasteiger partial charge in [-0.1, -0.05) is 54.1 Å². The van der Waals surface area contributed by atoms with E-state index in [9.17, 15) is 0 Å². The summed E-state index contributed by atoms with van der Waals surface area (Å²) in [6.45, 7) is 0. The molecule has 0 bridgehead atoms. The van der Waals surface area contributed by atoms with Crippen LogP contribution in [0.3, 0.4) is 0 Å². The zero-order chi connectivity index (χ0) is 19.8. The molecule has 0 aliphatic heterocycles. The van der Waals surface area contributed by atoms with Crippen molar-refractivity contribution < 1.29 is 0 Å². The van der Waals surface area contributed by atoms with Crippen LogP contribution in [0.25, 0.3) is 43.9 Å². The van der Waals surface area contributed by atoms with Crippen molar-refractivity contribution in [3.8, 4) is 32.8 Å². The Bertz CT molecular complexity index is 1320. The first kappa shape index (κ1) is 17.8. The Morgan fingerprint density at radius 3 is 2.41 bits per heavy atom. The Morgan fingerprint density at radius 2 is 1.66 bits per heavy atom. The van der Waals surface area contributed by atoms with Crippen LogP contribution in [0.15, 0.2) is 78.4 Å². The fourth-order valence-corrected chi connectivity index (χ4v) is 4.29. The summed E-state index contributed by atoms with van der Waals surface area (Å²) < 4.78 is 0. The van der Waals surface area contributed by atoms with Crippen LogP contribution >= 0.6 is 22.9 Å². The number of rotatable bonds is 3. The van der Waals surface area contributed by atoms with E-state index in [-0.39, 0.29) is 0 Å². The molecule has 0 saturated carbocycles. The summed E-state index contributed by atoms with van der Waals surface area (Å²) in [7, 11) is 0. The number of hydrogen-bond donors (Lipinski definition) is 1. The quantitative estimate of drug-likeness (QED) is 0.375. The Hall–Kier alpha value is -3.28. The van der Waals surface area contributed by atoms with Crippen molar-refractivity contribution in [2.75, 3.05) is 5.73 Å². The molecule has 0 amide bonds. The highest BCUT2D eigenvalue weighted by Crippen LogP contribution is 2.35. The van der Waals surface area contributed by atoms with E-state index in [1.807, 2.05) is 30.3 Å². The van der Waals surface area contributed by atoms with Crippen molar-refractivity contribution in [2.45, 2.75) is 0 Å². The number of fused-ring (bicyclic) bond motifs is 1. The number of benzene rings is 2. The van der Waals surface area contributed by atoms with E-state index < -0.39 is 0 Å². The molecule has 0 fully saturated rings. The number of thiophene rings is 1. The van der Waals surface area contributed by atoms with Crippen molar-refractivity contribution in [3.63, 3.8) is 0 Å². The van der Waals surface area contributed by atoms with Gasteiger partial charge in [0.25, 0.3) is 0 Å². The SMILES string of the molecule is Nc1ncnc2nc(-c3ccc(-c4cccs4)cc3)cc(-c3cccc(Cl)c3)c12. The lowest BCUT2D eigenvalue weighted by molar-refractivity contribution is 1.19. The molecule has 0 aliphatic rings. The van der Waals surface area contributed by atoms with Gasteiger partial charge >= 0.3 is 0 Å². The van der Waals surface area contributed by atoms with Crippen LogP contribution < -0.4 is 5.73 Å². The van der Waals surface area contributed by atoms with Crippen molar-refractivity contribution in [1.29, 1.82) is 0 Å². The summed E-state index contributed by atoms with van der Waals surface area (Å²) >= 11 is 7.95. The maximum absolute atomic E-state index is 6.23. The van der Waals surface area contributed by atoms with Crippen LogP contribution in [-0.2, 0) is 0 Å². The molecule has 0 radical (unpaired) electrons. The molecular formula is C23H15ClN4S. The number of nitrogens with two attached hydrogens (primary N) is 1. The lowest BCUT2D eigenvalue weighted by Crippen LogP contribution is -1.98. The molecule has 0 saturated heterocycles. The molecule has 5 aromatic rings. The molecule has 140 valence electrons. The van der Waals surface area contributed by atoms with Crippen LogP contribution in [-0.4, -0.2) is 15.0 Å². The lowest BCUT2D eigenvalue weighted by Gasteiger charge is -2.11. The summed E-state index contributed by atoms with van der Waals surface area (Å²) in [5.41, 5.74) is 11.6. The van der Waals surface area contributed by atoms with Gasteiger partial charge in [0.2, 0.25) is 0 Å². The first-order chi connectivity index (χ1) is 14.2. The first-order valence-corrected chi connectivity index (χ1v) is 10.3. The number of pyridine rings is 1. The van der Waals surface area contributed by atoms with Gasteiger partial charge < -0.3 is 5.73 Å². The normalized spacial score (nSPS) is 11.1. The third kappa shape index (κ3) is 3.35. The van der Waals surface area contributed by atoms with Crippen LogP contribution in [0, 0.1) is 0 Å². The van der Waals surface area contributed by atoms with E-state index >= 15 is 0 Å². The topological polar surface area (TPSA) is 64.7 Å². The molecule has 3 heterocycles. The number of anilines is 1. The summed E-state index contributed by atoms with van der Waals surface area (Å²) in [5.74, 6) is 0.400. The molecular weight excluding hydrogens is 400 g/mol. The zero-order valence-corrected chi connectivity index (χ0v) is 16.8. The molecule has 5 rings (SSSR count). The van der Waals surface area contributed by atoms with E-state index in [2.05, 4.69) is 51.7 Å². The summed E-state index contributed by atoms with van der Waals surface area (Å²) in [6, 6.07) is 22.2. The average molecular weight is 415 g/mol. The third-order valence-electron chi connectivity index (χ3n) is 4.76. The van der Waals surface area contributed by atoms with Gasteiger partial charge in [-0.2, -0.15) is 0 Å². The molecule has 0 atom stereocenters. The molecule has 0 aliphatic carbocycles. The van der Waals surface area contributed by atoms with Gasteiger partial charge in [-0.3, -0.25) is 0 Å². The number of aromatic nitrogens is 3. The number of hydrogen-bond acceptors (Lipinski definition) is 5. The van der Waals surface area contributed by atoms with Crippen molar-refractivity contribution in [3.05, 3.63) is 83.5 Å². The van der Waals surface area contributed by atoms with Gasteiger partial charge in [-0.05, 0) is 46.3 Å². The summed E-state index contributed by atoms with van der Waals surface area (Å²) in [5, 5.41) is 3.47. The fraction of sp³-hybridized carbons (Fsp3) is 0. The number of halogens is 1. The zero-order valence-electron chi connectivity index (χ0n) is 15.2. The molecule has 2 N–H and O–H groups in total. The third-order valence-corrected chi connectivity index (χ3v) is 5.91. The Labute approximate surface area is 176 Å². The van der Waals surface area contributed by atoms with E-state index in [0.717, 1.165) is 27.8 Å². The minimum Gasteiger partial charge on any atom is -0.383 e. The van der Waals surface area contributed by atoms with Gasteiger partial charge in [0.05, 0.1) is 11.1 Å².